The van der Waals surface area contributed by atoms with E-state index in [2.05, 4.69) is 5.32 Å². The molecule has 8 heteroatoms. The van der Waals surface area contributed by atoms with Crippen molar-refractivity contribution >= 4 is 35.9 Å². The highest BCUT2D eigenvalue weighted by atomic mass is 35.5. The monoisotopic (exact) mass is 388 g/mol. The Bertz CT molecular complexity index is 671. The summed E-state index contributed by atoms with van der Waals surface area (Å²) in [6.45, 7) is 0.983. The van der Waals surface area contributed by atoms with E-state index in [1.165, 1.54) is 7.11 Å². The van der Waals surface area contributed by atoms with E-state index in [-0.39, 0.29) is 18.3 Å². The van der Waals surface area contributed by atoms with Crippen LogP contribution in [-0.2, 0) is 19.8 Å². The molecule has 1 heterocycles. The largest absolute Gasteiger partial charge is 0.465 e. The molecule has 1 saturated heterocycles. The summed E-state index contributed by atoms with van der Waals surface area (Å²) in [7, 11) is 1.32. The van der Waals surface area contributed by atoms with E-state index in [1.54, 1.807) is 18.2 Å². The Hall–Kier alpha value is -1.34. The third-order valence-electron chi connectivity index (χ3n) is 4.85. The number of rotatable bonds is 4. The summed E-state index contributed by atoms with van der Waals surface area (Å²) in [6.07, 6.45) is 2.60. The van der Waals surface area contributed by atoms with Gasteiger partial charge >= 0.3 is 5.97 Å². The SMILES string of the molecule is COC(=O)c1ccc(C2(NC(=O)C3(N)CCOCC3)CC2)c(Cl)c1.Cl. The Balaban J connectivity index is 0.00000225. The molecule has 6 nitrogen and oxygen atoms in total. The number of amides is 1. The van der Waals surface area contributed by atoms with E-state index < -0.39 is 17.0 Å². The van der Waals surface area contributed by atoms with Crippen molar-refractivity contribution in [3.05, 3.63) is 34.3 Å². The van der Waals surface area contributed by atoms with E-state index in [4.69, 9.17) is 26.8 Å². The Labute approximate surface area is 157 Å². The predicted molar refractivity (Wildman–Crippen MR) is 96.1 cm³/mol. The highest BCUT2D eigenvalue weighted by Crippen LogP contribution is 2.48. The molecule has 0 atom stereocenters. The van der Waals surface area contributed by atoms with Crippen molar-refractivity contribution in [2.45, 2.75) is 36.8 Å². The van der Waals surface area contributed by atoms with Gasteiger partial charge in [0.25, 0.3) is 0 Å². The zero-order chi connectivity index (χ0) is 17.4. The van der Waals surface area contributed by atoms with Crippen LogP contribution in [0.4, 0.5) is 0 Å². The number of nitrogens with two attached hydrogens (primary N) is 1. The van der Waals surface area contributed by atoms with Gasteiger partial charge in [-0.25, -0.2) is 4.79 Å². The molecule has 1 aliphatic heterocycles. The van der Waals surface area contributed by atoms with Crippen molar-refractivity contribution in [3.8, 4) is 0 Å². The zero-order valence-electron chi connectivity index (χ0n) is 14.0. The van der Waals surface area contributed by atoms with Gasteiger partial charge in [0.05, 0.1) is 23.8 Å². The first kappa shape index (κ1) is 20.0. The normalized spacial score (nSPS) is 20.1. The molecule has 2 fully saturated rings. The number of ether oxygens (including phenoxy) is 2. The Kier molecular flexibility index (Phi) is 5.99. The minimum Gasteiger partial charge on any atom is -0.465 e. The second-order valence-corrected chi connectivity index (χ2v) is 6.90. The quantitative estimate of drug-likeness (QED) is 0.771. The molecule has 1 aliphatic carbocycles. The van der Waals surface area contributed by atoms with Crippen molar-refractivity contribution in [1.29, 1.82) is 0 Å². The van der Waals surface area contributed by atoms with Gasteiger partial charge in [0.2, 0.25) is 5.91 Å². The standard InChI is InChI=1S/C17H21ClN2O4.ClH/c1-23-14(21)11-2-3-12(13(18)10-11)17(4-5-17)20-15(22)16(19)6-8-24-9-7-16;/h2-3,10H,4-9,19H2,1H3,(H,20,22);1H. The van der Waals surface area contributed by atoms with Crippen LogP contribution in [0.1, 0.15) is 41.6 Å². The van der Waals surface area contributed by atoms with E-state index >= 15 is 0 Å². The van der Waals surface area contributed by atoms with Gasteiger partial charge in [-0.05, 0) is 43.4 Å². The van der Waals surface area contributed by atoms with Gasteiger partial charge in [0, 0.05) is 18.2 Å². The van der Waals surface area contributed by atoms with Gasteiger partial charge in [-0.15, -0.1) is 12.4 Å². The van der Waals surface area contributed by atoms with Gasteiger partial charge in [0.1, 0.15) is 0 Å². The molecule has 2 aliphatic rings. The number of benzene rings is 1. The first-order valence-electron chi connectivity index (χ1n) is 7.98. The Morgan fingerprint density at radius 1 is 1.24 bits per heavy atom. The second-order valence-electron chi connectivity index (χ2n) is 6.49. The molecule has 0 radical (unpaired) electrons. The van der Waals surface area contributed by atoms with E-state index in [1.807, 2.05) is 0 Å². The van der Waals surface area contributed by atoms with E-state index in [9.17, 15) is 9.59 Å². The minimum atomic E-state index is -0.897. The maximum absolute atomic E-state index is 12.7. The van der Waals surface area contributed by atoms with Crippen LogP contribution in [0.15, 0.2) is 18.2 Å². The van der Waals surface area contributed by atoms with Crippen LogP contribution in [-0.4, -0.2) is 37.7 Å². The molecule has 1 saturated carbocycles. The van der Waals surface area contributed by atoms with Crippen LogP contribution in [0, 0.1) is 0 Å². The summed E-state index contributed by atoms with van der Waals surface area (Å²) in [4.78, 5) is 24.3. The lowest BCUT2D eigenvalue weighted by Crippen LogP contribution is -2.58. The molecule has 25 heavy (non-hydrogen) atoms. The zero-order valence-corrected chi connectivity index (χ0v) is 15.5. The highest BCUT2D eigenvalue weighted by Gasteiger charge is 2.50. The highest BCUT2D eigenvalue weighted by molar-refractivity contribution is 6.32. The molecule has 0 spiro atoms. The van der Waals surface area contributed by atoms with Crippen LogP contribution in [0.25, 0.3) is 0 Å². The number of halogens is 2. The molecular weight excluding hydrogens is 367 g/mol. The molecule has 0 unspecified atom stereocenters. The van der Waals surface area contributed by atoms with Crippen molar-refractivity contribution in [3.63, 3.8) is 0 Å². The summed E-state index contributed by atoms with van der Waals surface area (Å²) in [5.41, 5.74) is 6.05. The number of esters is 1. The topological polar surface area (TPSA) is 90.7 Å². The molecule has 1 aromatic rings. The summed E-state index contributed by atoms with van der Waals surface area (Å²) in [5, 5.41) is 3.52. The first-order valence-corrected chi connectivity index (χ1v) is 8.36. The van der Waals surface area contributed by atoms with Gasteiger partial charge in [-0.3, -0.25) is 4.79 Å². The molecule has 138 valence electrons. The van der Waals surface area contributed by atoms with Gasteiger partial charge < -0.3 is 20.5 Å². The Morgan fingerprint density at radius 3 is 2.40 bits per heavy atom. The fourth-order valence-corrected chi connectivity index (χ4v) is 3.40. The lowest BCUT2D eigenvalue weighted by molar-refractivity contribution is -0.130. The fourth-order valence-electron chi connectivity index (χ4n) is 3.04. The lowest BCUT2D eigenvalue weighted by Gasteiger charge is -2.34. The second kappa shape index (κ2) is 7.50. The number of nitrogens with one attached hydrogen (secondary N) is 1. The predicted octanol–water partition coefficient (Wildman–Crippen LogP) is 2.16. The van der Waals surface area contributed by atoms with Crippen LogP contribution in [0.5, 0.6) is 0 Å². The summed E-state index contributed by atoms with van der Waals surface area (Å²) < 4.78 is 9.98. The van der Waals surface area contributed by atoms with Crippen molar-refractivity contribution in [2.24, 2.45) is 5.73 Å². The van der Waals surface area contributed by atoms with E-state index in [0.29, 0.717) is 36.6 Å². The first-order chi connectivity index (χ1) is 11.4. The average Bonchev–Trinajstić information content (AvgIpc) is 3.35. The number of hydrogen-bond acceptors (Lipinski definition) is 5. The molecule has 1 amide bonds. The maximum atomic E-state index is 12.7. The van der Waals surface area contributed by atoms with Crippen molar-refractivity contribution in [1.82, 2.24) is 5.32 Å². The number of hydrogen-bond donors (Lipinski definition) is 2. The summed E-state index contributed by atoms with van der Waals surface area (Å²) >= 11 is 6.35. The van der Waals surface area contributed by atoms with Crippen LogP contribution in [0.3, 0.4) is 0 Å². The van der Waals surface area contributed by atoms with Gasteiger partial charge in [-0.1, -0.05) is 17.7 Å². The van der Waals surface area contributed by atoms with Crippen molar-refractivity contribution in [2.75, 3.05) is 20.3 Å². The molecule has 3 rings (SSSR count). The third kappa shape index (κ3) is 3.92. The van der Waals surface area contributed by atoms with E-state index in [0.717, 1.165) is 18.4 Å². The molecule has 0 aromatic heterocycles. The molecule has 0 bridgehead atoms. The average molecular weight is 389 g/mol. The van der Waals surface area contributed by atoms with Gasteiger partial charge in [0.15, 0.2) is 0 Å². The number of methoxy groups -OCH3 is 1. The minimum absolute atomic E-state index is 0. The molecule has 3 N–H and O–H groups in total. The fraction of sp³-hybridized carbons (Fsp3) is 0.529. The lowest BCUT2D eigenvalue weighted by atomic mass is 9.89. The summed E-state index contributed by atoms with van der Waals surface area (Å²) in [6, 6.07) is 5.00. The number of carbonyl (C=O) groups excluding carboxylic acids is 2. The Morgan fingerprint density at radius 2 is 1.88 bits per heavy atom. The van der Waals surface area contributed by atoms with Crippen LogP contribution >= 0.6 is 24.0 Å². The smallest absolute Gasteiger partial charge is 0.337 e. The van der Waals surface area contributed by atoms with Gasteiger partial charge in [-0.2, -0.15) is 0 Å². The molecular formula is C17H22Cl2N2O4. The van der Waals surface area contributed by atoms with Crippen LogP contribution < -0.4 is 11.1 Å². The molecule has 1 aromatic carbocycles. The summed E-state index contributed by atoms with van der Waals surface area (Å²) in [5.74, 6) is -0.614. The van der Waals surface area contributed by atoms with Crippen molar-refractivity contribution < 1.29 is 19.1 Å². The maximum Gasteiger partial charge on any atom is 0.337 e. The number of carbonyl (C=O) groups is 2. The third-order valence-corrected chi connectivity index (χ3v) is 5.16. The van der Waals surface area contributed by atoms with Crippen LogP contribution in [0.2, 0.25) is 5.02 Å².